The van der Waals surface area contributed by atoms with Crippen LogP contribution in [0.2, 0.25) is 0 Å². The third-order valence-corrected chi connectivity index (χ3v) is 4.80. The first-order chi connectivity index (χ1) is 12.9. The Balaban J connectivity index is 1.48. The second-order valence-electron chi connectivity index (χ2n) is 7.10. The Hall–Kier alpha value is -2.44. The van der Waals surface area contributed by atoms with Crippen LogP contribution in [0.3, 0.4) is 0 Å². The summed E-state index contributed by atoms with van der Waals surface area (Å²) < 4.78 is 19.1. The number of nitrogens with one attached hydrogen (secondary N) is 1. The van der Waals surface area contributed by atoms with Crippen LogP contribution >= 0.6 is 0 Å². The molecule has 1 heterocycles. The SMILES string of the molecule is CC(=O)Nc1ccc(CN2CCC(O)(COc3ccccc3F)CC2)cc1. The average Bonchev–Trinajstić information content (AvgIpc) is 2.64. The number of benzene rings is 2. The number of ether oxygens (including phenoxy) is 1. The van der Waals surface area contributed by atoms with E-state index in [0.717, 1.165) is 30.9 Å². The predicted molar refractivity (Wildman–Crippen MR) is 102 cm³/mol. The van der Waals surface area contributed by atoms with Gasteiger partial charge in [0, 0.05) is 32.2 Å². The molecule has 0 unspecified atom stereocenters. The Bertz CT molecular complexity index is 771. The van der Waals surface area contributed by atoms with Crippen molar-refractivity contribution >= 4 is 11.6 Å². The van der Waals surface area contributed by atoms with Crippen molar-refractivity contribution in [1.82, 2.24) is 4.90 Å². The highest BCUT2D eigenvalue weighted by atomic mass is 19.1. The summed E-state index contributed by atoms with van der Waals surface area (Å²) in [6.07, 6.45) is 1.15. The lowest BCUT2D eigenvalue weighted by Gasteiger charge is -2.38. The number of anilines is 1. The zero-order chi connectivity index (χ0) is 19.3. The maximum absolute atomic E-state index is 13.6. The van der Waals surface area contributed by atoms with Gasteiger partial charge in [0.05, 0.1) is 0 Å². The van der Waals surface area contributed by atoms with Crippen molar-refractivity contribution < 1.29 is 19.0 Å². The number of amides is 1. The van der Waals surface area contributed by atoms with Gasteiger partial charge in [-0.25, -0.2) is 4.39 Å². The van der Waals surface area contributed by atoms with Crippen molar-refractivity contribution in [2.75, 3.05) is 25.0 Å². The maximum atomic E-state index is 13.6. The highest BCUT2D eigenvalue weighted by Gasteiger charge is 2.33. The lowest BCUT2D eigenvalue weighted by Crippen LogP contribution is -2.47. The molecule has 2 aromatic carbocycles. The number of carbonyl (C=O) groups is 1. The minimum absolute atomic E-state index is 0.0873. The molecule has 0 aliphatic carbocycles. The van der Waals surface area contributed by atoms with E-state index < -0.39 is 11.4 Å². The normalized spacial score (nSPS) is 16.7. The number of hydrogen-bond donors (Lipinski definition) is 2. The van der Waals surface area contributed by atoms with Crippen LogP contribution in [0, 0.1) is 5.82 Å². The molecule has 6 heteroatoms. The summed E-state index contributed by atoms with van der Waals surface area (Å²) in [5.74, 6) is -0.329. The summed E-state index contributed by atoms with van der Waals surface area (Å²) in [6, 6.07) is 14.0. The van der Waals surface area contributed by atoms with Gasteiger partial charge in [-0.05, 0) is 42.7 Å². The fourth-order valence-electron chi connectivity index (χ4n) is 3.20. The van der Waals surface area contributed by atoms with Crippen molar-refractivity contribution in [3.63, 3.8) is 0 Å². The van der Waals surface area contributed by atoms with E-state index in [1.54, 1.807) is 18.2 Å². The number of halogens is 1. The Morgan fingerprint density at radius 1 is 1.19 bits per heavy atom. The largest absolute Gasteiger partial charge is 0.488 e. The molecular formula is C21H25FN2O3. The summed E-state index contributed by atoms with van der Waals surface area (Å²) in [7, 11) is 0. The number of nitrogens with zero attached hydrogens (tertiary/aromatic N) is 1. The number of piperidine rings is 1. The van der Waals surface area contributed by atoms with Crippen molar-refractivity contribution in [2.24, 2.45) is 0 Å². The molecule has 2 N–H and O–H groups in total. The fourth-order valence-corrected chi connectivity index (χ4v) is 3.20. The maximum Gasteiger partial charge on any atom is 0.221 e. The van der Waals surface area contributed by atoms with E-state index in [4.69, 9.17) is 4.74 Å². The number of hydrogen-bond acceptors (Lipinski definition) is 4. The van der Waals surface area contributed by atoms with E-state index in [1.165, 1.54) is 13.0 Å². The standard InChI is InChI=1S/C21H25FN2O3/c1-16(25)23-18-8-6-17(7-9-18)14-24-12-10-21(26,11-13-24)15-27-20-5-3-2-4-19(20)22/h2-9,26H,10-15H2,1H3,(H,23,25). The van der Waals surface area contributed by atoms with Gasteiger partial charge in [-0.1, -0.05) is 24.3 Å². The highest BCUT2D eigenvalue weighted by molar-refractivity contribution is 5.88. The van der Waals surface area contributed by atoms with Gasteiger partial charge in [0.15, 0.2) is 11.6 Å². The Morgan fingerprint density at radius 3 is 2.48 bits per heavy atom. The zero-order valence-electron chi connectivity index (χ0n) is 15.5. The van der Waals surface area contributed by atoms with E-state index in [0.29, 0.717) is 12.8 Å². The average molecular weight is 372 g/mol. The molecule has 1 saturated heterocycles. The summed E-state index contributed by atoms with van der Waals surface area (Å²) in [6.45, 7) is 3.84. The Labute approximate surface area is 158 Å². The Morgan fingerprint density at radius 2 is 1.85 bits per heavy atom. The van der Waals surface area contributed by atoms with Crippen LogP contribution in [0.1, 0.15) is 25.3 Å². The lowest BCUT2D eigenvalue weighted by atomic mass is 9.92. The van der Waals surface area contributed by atoms with E-state index in [9.17, 15) is 14.3 Å². The minimum Gasteiger partial charge on any atom is -0.488 e. The monoisotopic (exact) mass is 372 g/mol. The molecule has 0 radical (unpaired) electrons. The summed E-state index contributed by atoms with van der Waals surface area (Å²) in [5.41, 5.74) is 0.996. The predicted octanol–water partition coefficient (Wildman–Crippen LogP) is 3.19. The first-order valence-corrected chi connectivity index (χ1v) is 9.12. The fraction of sp³-hybridized carbons (Fsp3) is 0.381. The summed E-state index contributed by atoms with van der Waals surface area (Å²) in [5, 5.41) is 13.5. The number of aliphatic hydroxyl groups is 1. The van der Waals surface area contributed by atoms with Gasteiger partial charge in [-0.3, -0.25) is 9.69 Å². The van der Waals surface area contributed by atoms with Gasteiger partial charge in [-0.15, -0.1) is 0 Å². The molecule has 3 rings (SSSR count). The molecule has 0 saturated carbocycles. The third-order valence-electron chi connectivity index (χ3n) is 4.80. The van der Waals surface area contributed by atoms with E-state index >= 15 is 0 Å². The van der Waals surface area contributed by atoms with Crippen LogP contribution in [0.5, 0.6) is 5.75 Å². The molecule has 5 nitrogen and oxygen atoms in total. The van der Waals surface area contributed by atoms with Crippen molar-refractivity contribution in [3.8, 4) is 5.75 Å². The van der Waals surface area contributed by atoms with Crippen molar-refractivity contribution in [3.05, 3.63) is 59.9 Å². The van der Waals surface area contributed by atoms with Crippen LogP contribution in [0.15, 0.2) is 48.5 Å². The molecule has 1 amide bonds. The van der Waals surface area contributed by atoms with Crippen LogP contribution in [-0.4, -0.2) is 41.2 Å². The van der Waals surface area contributed by atoms with Gasteiger partial charge in [0.1, 0.15) is 12.2 Å². The van der Waals surface area contributed by atoms with Gasteiger partial charge < -0.3 is 15.2 Å². The van der Waals surface area contributed by atoms with Crippen LogP contribution in [-0.2, 0) is 11.3 Å². The molecule has 2 aromatic rings. The Kier molecular flexibility index (Phi) is 6.08. The summed E-state index contributed by atoms with van der Waals surface area (Å²) in [4.78, 5) is 13.3. The molecule has 0 aromatic heterocycles. The van der Waals surface area contributed by atoms with Crippen LogP contribution < -0.4 is 10.1 Å². The van der Waals surface area contributed by atoms with E-state index in [-0.39, 0.29) is 18.3 Å². The van der Waals surface area contributed by atoms with Crippen LogP contribution in [0.4, 0.5) is 10.1 Å². The second kappa shape index (κ2) is 8.50. The molecule has 0 atom stereocenters. The lowest BCUT2D eigenvalue weighted by molar-refractivity contribution is -0.114. The molecule has 27 heavy (non-hydrogen) atoms. The molecule has 1 aliphatic heterocycles. The van der Waals surface area contributed by atoms with Gasteiger partial charge in [0.25, 0.3) is 0 Å². The number of likely N-dealkylation sites (tertiary alicyclic amines) is 1. The topological polar surface area (TPSA) is 61.8 Å². The quantitative estimate of drug-likeness (QED) is 0.818. The van der Waals surface area contributed by atoms with Crippen LogP contribution in [0.25, 0.3) is 0 Å². The van der Waals surface area contributed by atoms with E-state index in [2.05, 4.69) is 10.2 Å². The number of carbonyl (C=O) groups excluding carboxylic acids is 1. The number of rotatable bonds is 6. The molecule has 1 aliphatic rings. The molecule has 1 fully saturated rings. The van der Waals surface area contributed by atoms with E-state index in [1.807, 2.05) is 24.3 Å². The van der Waals surface area contributed by atoms with Gasteiger partial charge in [-0.2, -0.15) is 0 Å². The highest BCUT2D eigenvalue weighted by Crippen LogP contribution is 2.26. The molecule has 0 spiro atoms. The van der Waals surface area contributed by atoms with Gasteiger partial charge in [0.2, 0.25) is 5.91 Å². The zero-order valence-corrected chi connectivity index (χ0v) is 15.5. The van der Waals surface area contributed by atoms with Gasteiger partial charge >= 0.3 is 0 Å². The van der Waals surface area contributed by atoms with Crippen molar-refractivity contribution in [2.45, 2.75) is 31.9 Å². The van der Waals surface area contributed by atoms with Crippen molar-refractivity contribution in [1.29, 1.82) is 0 Å². The third kappa shape index (κ3) is 5.52. The first kappa shape index (κ1) is 19.3. The summed E-state index contributed by atoms with van der Waals surface area (Å²) >= 11 is 0. The molecule has 144 valence electrons. The number of para-hydroxylation sites is 1. The first-order valence-electron chi connectivity index (χ1n) is 9.12. The second-order valence-corrected chi connectivity index (χ2v) is 7.10. The molecule has 0 bridgehead atoms. The smallest absolute Gasteiger partial charge is 0.221 e. The minimum atomic E-state index is -0.936. The molecular weight excluding hydrogens is 347 g/mol.